The minimum atomic E-state index is -3.58. The van der Waals surface area contributed by atoms with Gasteiger partial charge in [0, 0.05) is 64.3 Å². The van der Waals surface area contributed by atoms with Crippen LogP contribution in [-0.2, 0) is 17.1 Å². The number of sulfonamides is 1. The number of aryl methyl sites for hydroxylation is 3. The Labute approximate surface area is 172 Å². The monoisotopic (exact) mass is 419 g/mol. The van der Waals surface area contributed by atoms with E-state index in [1.54, 1.807) is 24.7 Å². The number of nitrogens with zero attached hydrogens (tertiary/aromatic N) is 7. The SMILES string of the molecule is Cc1cc(N2CCCCC2)nc(N2CCN(S(=O)(=O)c3cn(C)c(C)n3)CC2)n1. The molecule has 0 N–H and O–H groups in total. The third-order valence-electron chi connectivity index (χ3n) is 5.72. The number of piperidine rings is 1. The van der Waals surface area contributed by atoms with Crippen molar-refractivity contribution >= 4 is 21.8 Å². The lowest BCUT2D eigenvalue weighted by Gasteiger charge is -2.34. The molecule has 4 rings (SSSR count). The van der Waals surface area contributed by atoms with Crippen LogP contribution >= 0.6 is 0 Å². The van der Waals surface area contributed by atoms with Gasteiger partial charge in [0.05, 0.1) is 0 Å². The molecular weight excluding hydrogens is 390 g/mol. The van der Waals surface area contributed by atoms with Crippen molar-refractivity contribution in [1.82, 2.24) is 23.8 Å². The summed E-state index contributed by atoms with van der Waals surface area (Å²) < 4.78 is 29.0. The molecule has 2 aromatic heterocycles. The number of aromatic nitrogens is 4. The molecule has 2 saturated heterocycles. The number of imidazole rings is 1. The maximum Gasteiger partial charge on any atom is 0.262 e. The third-order valence-corrected chi connectivity index (χ3v) is 7.49. The van der Waals surface area contributed by atoms with E-state index in [1.807, 2.05) is 13.0 Å². The first kappa shape index (κ1) is 20.1. The number of anilines is 2. The second kappa shape index (κ2) is 7.91. The van der Waals surface area contributed by atoms with Crippen LogP contribution in [0.4, 0.5) is 11.8 Å². The van der Waals surface area contributed by atoms with Crippen LogP contribution in [0.15, 0.2) is 17.3 Å². The van der Waals surface area contributed by atoms with Crippen LogP contribution in [0.2, 0.25) is 0 Å². The smallest absolute Gasteiger partial charge is 0.262 e. The molecule has 0 radical (unpaired) electrons. The van der Waals surface area contributed by atoms with E-state index in [0.29, 0.717) is 38.0 Å². The molecule has 0 aromatic carbocycles. The Morgan fingerprint density at radius 2 is 1.55 bits per heavy atom. The molecule has 2 aliphatic rings. The Kier molecular flexibility index (Phi) is 5.48. The standard InChI is InChI=1S/C19H29N7O2S/c1-15-13-17(24-7-5-4-6-8-24)22-19(20-15)25-9-11-26(12-10-25)29(27,28)18-14-23(3)16(2)21-18/h13-14H,4-12H2,1-3H3. The Balaban J connectivity index is 1.47. The Morgan fingerprint density at radius 3 is 2.17 bits per heavy atom. The Hall–Kier alpha value is -2.20. The highest BCUT2D eigenvalue weighted by atomic mass is 32.2. The number of rotatable bonds is 4. The number of hydrogen-bond donors (Lipinski definition) is 0. The topological polar surface area (TPSA) is 87.5 Å². The van der Waals surface area contributed by atoms with Gasteiger partial charge in [0.25, 0.3) is 10.0 Å². The first-order valence-corrected chi connectivity index (χ1v) is 11.6. The summed E-state index contributed by atoms with van der Waals surface area (Å²) in [6.07, 6.45) is 5.25. The van der Waals surface area contributed by atoms with Crippen LogP contribution in [-0.4, -0.2) is 71.5 Å². The summed E-state index contributed by atoms with van der Waals surface area (Å²) in [6, 6.07) is 2.04. The predicted octanol–water partition coefficient (Wildman–Crippen LogP) is 1.33. The molecule has 4 heterocycles. The molecule has 29 heavy (non-hydrogen) atoms. The van der Waals surface area contributed by atoms with Gasteiger partial charge in [-0.15, -0.1) is 0 Å². The lowest BCUT2D eigenvalue weighted by atomic mass is 10.1. The molecule has 0 amide bonds. The second-order valence-electron chi connectivity index (χ2n) is 7.84. The molecule has 0 atom stereocenters. The van der Waals surface area contributed by atoms with Gasteiger partial charge in [-0.2, -0.15) is 9.29 Å². The van der Waals surface area contributed by atoms with Crippen LogP contribution in [0.5, 0.6) is 0 Å². The lowest BCUT2D eigenvalue weighted by molar-refractivity contribution is 0.381. The Bertz CT molecular complexity index is 955. The fraction of sp³-hybridized carbons (Fsp3) is 0.632. The van der Waals surface area contributed by atoms with Crippen LogP contribution in [0, 0.1) is 13.8 Å². The van der Waals surface area contributed by atoms with Gasteiger partial charge in [-0.05, 0) is 33.1 Å². The van der Waals surface area contributed by atoms with Crippen molar-refractivity contribution in [1.29, 1.82) is 0 Å². The molecule has 0 bridgehead atoms. The quantitative estimate of drug-likeness (QED) is 0.739. The zero-order chi connectivity index (χ0) is 20.6. The molecule has 0 aliphatic carbocycles. The summed E-state index contributed by atoms with van der Waals surface area (Å²) in [4.78, 5) is 18.0. The maximum absolute atomic E-state index is 12.9. The first-order chi connectivity index (χ1) is 13.8. The average molecular weight is 420 g/mol. The van der Waals surface area contributed by atoms with Gasteiger partial charge in [0.1, 0.15) is 11.6 Å². The molecule has 2 fully saturated rings. The van der Waals surface area contributed by atoms with Gasteiger partial charge in [-0.25, -0.2) is 18.4 Å². The normalized spacial score (nSPS) is 19.0. The number of piperazine rings is 1. The summed E-state index contributed by atoms with van der Waals surface area (Å²) in [5, 5.41) is 0.116. The largest absolute Gasteiger partial charge is 0.356 e. The molecule has 10 heteroatoms. The molecular formula is C19H29N7O2S. The van der Waals surface area contributed by atoms with Gasteiger partial charge < -0.3 is 14.4 Å². The van der Waals surface area contributed by atoms with Crippen molar-refractivity contribution < 1.29 is 8.42 Å². The van der Waals surface area contributed by atoms with E-state index in [1.165, 1.54) is 23.6 Å². The fourth-order valence-electron chi connectivity index (χ4n) is 3.87. The van der Waals surface area contributed by atoms with E-state index in [-0.39, 0.29) is 5.03 Å². The van der Waals surface area contributed by atoms with Crippen LogP contribution < -0.4 is 9.80 Å². The molecule has 0 spiro atoms. The minimum Gasteiger partial charge on any atom is -0.356 e. The van der Waals surface area contributed by atoms with Gasteiger partial charge in [0.15, 0.2) is 5.03 Å². The molecule has 2 aromatic rings. The fourth-order valence-corrected chi connectivity index (χ4v) is 5.32. The van der Waals surface area contributed by atoms with Crippen molar-refractivity contribution in [2.45, 2.75) is 38.1 Å². The van der Waals surface area contributed by atoms with Crippen molar-refractivity contribution in [3.63, 3.8) is 0 Å². The van der Waals surface area contributed by atoms with E-state index in [4.69, 9.17) is 4.98 Å². The van der Waals surface area contributed by atoms with Gasteiger partial charge in [-0.1, -0.05) is 0 Å². The highest BCUT2D eigenvalue weighted by molar-refractivity contribution is 7.89. The van der Waals surface area contributed by atoms with E-state index < -0.39 is 10.0 Å². The van der Waals surface area contributed by atoms with E-state index in [2.05, 4.69) is 19.8 Å². The van der Waals surface area contributed by atoms with Crippen molar-refractivity contribution in [3.05, 3.63) is 23.8 Å². The minimum absolute atomic E-state index is 0.116. The third kappa shape index (κ3) is 4.09. The predicted molar refractivity (Wildman–Crippen MR) is 112 cm³/mol. The lowest BCUT2D eigenvalue weighted by Crippen LogP contribution is -2.49. The van der Waals surface area contributed by atoms with Crippen molar-refractivity contribution in [2.75, 3.05) is 49.1 Å². The molecule has 9 nitrogen and oxygen atoms in total. The summed E-state index contributed by atoms with van der Waals surface area (Å²) in [5.41, 5.74) is 0.939. The summed E-state index contributed by atoms with van der Waals surface area (Å²) in [5.74, 6) is 2.35. The van der Waals surface area contributed by atoms with Crippen molar-refractivity contribution in [3.8, 4) is 0 Å². The summed E-state index contributed by atoms with van der Waals surface area (Å²) in [7, 11) is -1.78. The Morgan fingerprint density at radius 1 is 0.862 bits per heavy atom. The molecule has 158 valence electrons. The molecule has 0 saturated carbocycles. The zero-order valence-corrected chi connectivity index (χ0v) is 18.2. The molecule has 0 unspecified atom stereocenters. The van der Waals surface area contributed by atoms with Crippen LogP contribution in [0.3, 0.4) is 0 Å². The zero-order valence-electron chi connectivity index (χ0n) is 17.4. The van der Waals surface area contributed by atoms with E-state index in [9.17, 15) is 8.42 Å². The number of hydrogen-bond acceptors (Lipinski definition) is 7. The highest BCUT2D eigenvalue weighted by Crippen LogP contribution is 2.23. The summed E-state index contributed by atoms with van der Waals surface area (Å²) in [6.45, 7) is 7.77. The van der Waals surface area contributed by atoms with Crippen LogP contribution in [0.1, 0.15) is 30.8 Å². The van der Waals surface area contributed by atoms with Crippen LogP contribution in [0.25, 0.3) is 0 Å². The van der Waals surface area contributed by atoms with E-state index >= 15 is 0 Å². The highest BCUT2D eigenvalue weighted by Gasteiger charge is 2.31. The maximum atomic E-state index is 12.9. The van der Waals surface area contributed by atoms with Gasteiger partial charge in [0.2, 0.25) is 5.95 Å². The summed E-state index contributed by atoms with van der Waals surface area (Å²) >= 11 is 0. The van der Waals surface area contributed by atoms with E-state index in [0.717, 1.165) is 24.6 Å². The van der Waals surface area contributed by atoms with Gasteiger partial charge in [-0.3, -0.25) is 0 Å². The average Bonchev–Trinajstić information content (AvgIpc) is 3.07. The molecule has 2 aliphatic heterocycles. The second-order valence-corrected chi connectivity index (χ2v) is 9.73. The van der Waals surface area contributed by atoms with Crippen molar-refractivity contribution in [2.24, 2.45) is 7.05 Å². The first-order valence-electron chi connectivity index (χ1n) is 10.2. The van der Waals surface area contributed by atoms with Gasteiger partial charge >= 0.3 is 0 Å².